The van der Waals surface area contributed by atoms with Gasteiger partial charge in [0.2, 0.25) is 5.95 Å². The van der Waals surface area contributed by atoms with Crippen molar-refractivity contribution in [2.45, 2.75) is 6.61 Å². The number of hydrogen-bond acceptors (Lipinski definition) is 7. The van der Waals surface area contributed by atoms with Gasteiger partial charge in [-0.25, -0.2) is 9.97 Å². The standard InChI is InChI=1S/C13H16N6O/c20-10-11-2-3-12(17-16-11)18-6-8-19(9-7-18)13-14-4-1-5-15-13/h1-5,20H,6-10H2. The van der Waals surface area contributed by atoms with E-state index in [1.165, 1.54) is 0 Å². The van der Waals surface area contributed by atoms with Gasteiger partial charge >= 0.3 is 0 Å². The largest absolute Gasteiger partial charge is 0.390 e. The maximum absolute atomic E-state index is 8.96. The molecule has 0 bridgehead atoms. The van der Waals surface area contributed by atoms with Crippen molar-refractivity contribution >= 4 is 11.8 Å². The highest BCUT2D eigenvalue weighted by atomic mass is 16.3. The van der Waals surface area contributed by atoms with E-state index in [1.807, 2.05) is 12.1 Å². The Morgan fingerprint density at radius 3 is 2.25 bits per heavy atom. The van der Waals surface area contributed by atoms with E-state index in [4.69, 9.17) is 5.11 Å². The lowest BCUT2D eigenvalue weighted by Gasteiger charge is -2.35. The van der Waals surface area contributed by atoms with Gasteiger partial charge < -0.3 is 14.9 Å². The fourth-order valence-electron chi connectivity index (χ4n) is 2.20. The highest BCUT2D eigenvalue weighted by Crippen LogP contribution is 2.15. The molecule has 0 atom stereocenters. The van der Waals surface area contributed by atoms with Crippen LogP contribution in [0.3, 0.4) is 0 Å². The maximum Gasteiger partial charge on any atom is 0.225 e. The Balaban J connectivity index is 1.63. The molecule has 7 heteroatoms. The van der Waals surface area contributed by atoms with Crippen LogP contribution in [0.25, 0.3) is 0 Å². The van der Waals surface area contributed by atoms with Crippen molar-refractivity contribution in [3.05, 3.63) is 36.3 Å². The Labute approximate surface area is 116 Å². The zero-order valence-electron chi connectivity index (χ0n) is 11.1. The molecule has 0 spiro atoms. The van der Waals surface area contributed by atoms with Gasteiger partial charge in [0.1, 0.15) is 0 Å². The molecule has 0 saturated carbocycles. The molecule has 2 aromatic rings. The first kappa shape index (κ1) is 12.7. The van der Waals surface area contributed by atoms with Gasteiger partial charge in [-0.2, -0.15) is 5.10 Å². The fourth-order valence-corrected chi connectivity index (χ4v) is 2.20. The fraction of sp³-hybridized carbons (Fsp3) is 0.385. The number of aliphatic hydroxyl groups is 1. The molecule has 0 unspecified atom stereocenters. The Morgan fingerprint density at radius 1 is 0.950 bits per heavy atom. The van der Waals surface area contributed by atoms with E-state index >= 15 is 0 Å². The lowest BCUT2D eigenvalue weighted by atomic mass is 10.3. The monoisotopic (exact) mass is 272 g/mol. The quantitative estimate of drug-likeness (QED) is 0.848. The third-order valence-electron chi connectivity index (χ3n) is 3.31. The highest BCUT2D eigenvalue weighted by molar-refractivity contribution is 5.41. The van der Waals surface area contributed by atoms with E-state index in [9.17, 15) is 0 Å². The van der Waals surface area contributed by atoms with Crippen molar-refractivity contribution in [2.24, 2.45) is 0 Å². The Kier molecular flexibility index (Phi) is 3.69. The average Bonchev–Trinajstić information content (AvgIpc) is 2.56. The first-order valence-corrected chi connectivity index (χ1v) is 6.57. The van der Waals surface area contributed by atoms with Gasteiger partial charge in [-0.1, -0.05) is 0 Å². The van der Waals surface area contributed by atoms with E-state index < -0.39 is 0 Å². The van der Waals surface area contributed by atoms with Crippen molar-refractivity contribution < 1.29 is 5.11 Å². The molecule has 3 heterocycles. The Morgan fingerprint density at radius 2 is 1.65 bits per heavy atom. The van der Waals surface area contributed by atoms with Crippen LogP contribution in [0.2, 0.25) is 0 Å². The zero-order chi connectivity index (χ0) is 13.8. The summed E-state index contributed by atoms with van der Waals surface area (Å²) < 4.78 is 0. The number of aliphatic hydroxyl groups excluding tert-OH is 1. The molecule has 7 nitrogen and oxygen atoms in total. The molecule has 1 N–H and O–H groups in total. The van der Waals surface area contributed by atoms with Crippen molar-refractivity contribution in [3.63, 3.8) is 0 Å². The van der Waals surface area contributed by atoms with Gasteiger partial charge in [0.25, 0.3) is 0 Å². The first-order valence-electron chi connectivity index (χ1n) is 6.57. The molecule has 1 saturated heterocycles. The molecule has 20 heavy (non-hydrogen) atoms. The van der Waals surface area contributed by atoms with Gasteiger partial charge in [-0.15, -0.1) is 5.10 Å². The van der Waals surface area contributed by atoms with Gasteiger partial charge in [-0.05, 0) is 18.2 Å². The van der Waals surface area contributed by atoms with Gasteiger partial charge in [0.15, 0.2) is 5.82 Å². The summed E-state index contributed by atoms with van der Waals surface area (Å²) in [5.74, 6) is 1.62. The molecule has 0 aliphatic carbocycles. The second kappa shape index (κ2) is 5.79. The number of aromatic nitrogens is 4. The summed E-state index contributed by atoms with van der Waals surface area (Å²) in [5.41, 5.74) is 0.588. The van der Waals surface area contributed by atoms with Crippen molar-refractivity contribution in [2.75, 3.05) is 36.0 Å². The predicted octanol–water partition coefficient (Wildman–Crippen LogP) is 0.0855. The third-order valence-corrected chi connectivity index (χ3v) is 3.31. The minimum absolute atomic E-state index is 0.0770. The number of hydrogen-bond donors (Lipinski definition) is 1. The third kappa shape index (κ3) is 2.67. The minimum Gasteiger partial charge on any atom is -0.390 e. The van der Waals surface area contributed by atoms with Crippen LogP contribution in [-0.4, -0.2) is 51.5 Å². The Hall–Kier alpha value is -2.28. The van der Waals surface area contributed by atoms with Crippen LogP contribution < -0.4 is 9.80 Å². The van der Waals surface area contributed by atoms with E-state index in [1.54, 1.807) is 18.5 Å². The van der Waals surface area contributed by atoms with Crippen LogP contribution >= 0.6 is 0 Å². The lowest BCUT2D eigenvalue weighted by Crippen LogP contribution is -2.47. The summed E-state index contributed by atoms with van der Waals surface area (Å²) in [6.07, 6.45) is 3.52. The smallest absolute Gasteiger partial charge is 0.225 e. The summed E-state index contributed by atoms with van der Waals surface area (Å²) in [7, 11) is 0. The van der Waals surface area contributed by atoms with Crippen LogP contribution in [0.4, 0.5) is 11.8 Å². The van der Waals surface area contributed by atoms with Crippen LogP contribution in [0.15, 0.2) is 30.6 Å². The number of nitrogens with zero attached hydrogens (tertiary/aromatic N) is 6. The summed E-state index contributed by atoms with van der Waals surface area (Å²) in [4.78, 5) is 12.9. The van der Waals surface area contributed by atoms with Crippen LogP contribution in [0, 0.1) is 0 Å². The van der Waals surface area contributed by atoms with Gasteiger partial charge in [0, 0.05) is 38.6 Å². The topological polar surface area (TPSA) is 78.3 Å². The van der Waals surface area contributed by atoms with Crippen molar-refractivity contribution in [3.8, 4) is 0 Å². The second-order valence-electron chi connectivity index (χ2n) is 4.56. The van der Waals surface area contributed by atoms with Crippen molar-refractivity contribution in [1.82, 2.24) is 20.2 Å². The normalized spacial score (nSPS) is 15.4. The summed E-state index contributed by atoms with van der Waals surface area (Å²) >= 11 is 0. The SMILES string of the molecule is OCc1ccc(N2CCN(c3ncccn3)CC2)nn1. The molecule has 0 aromatic carbocycles. The van der Waals surface area contributed by atoms with Crippen LogP contribution in [-0.2, 0) is 6.61 Å². The molecule has 2 aromatic heterocycles. The van der Waals surface area contributed by atoms with Gasteiger partial charge in [0.05, 0.1) is 12.3 Å². The van der Waals surface area contributed by atoms with Crippen LogP contribution in [0.5, 0.6) is 0 Å². The molecule has 3 rings (SSSR count). The summed E-state index contributed by atoms with van der Waals surface area (Å²) in [6.45, 7) is 3.34. The average molecular weight is 272 g/mol. The maximum atomic E-state index is 8.96. The summed E-state index contributed by atoms with van der Waals surface area (Å²) in [6, 6.07) is 5.51. The molecule has 0 radical (unpaired) electrons. The second-order valence-corrected chi connectivity index (χ2v) is 4.56. The molecule has 1 aliphatic rings. The lowest BCUT2D eigenvalue weighted by molar-refractivity contribution is 0.275. The molecular weight excluding hydrogens is 256 g/mol. The predicted molar refractivity (Wildman–Crippen MR) is 74.4 cm³/mol. The van der Waals surface area contributed by atoms with Crippen LogP contribution in [0.1, 0.15) is 5.69 Å². The number of anilines is 2. The zero-order valence-corrected chi connectivity index (χ0v) is 11.1. The van der Waals surface area contributed by atoms with E-state index in [-0.39, 0.29) is 6.61 Å². The Bertz CT molecular complexity index is 539. The first-order chi connectivity index (χ1) is 9.86. The molecular formula is C13H16N6O. The molecule has 104 valence electrons. The summed E-state index contributed by atoms with van der Waals surface area (Å²) in [5, 5.41) is 17.1. The number of piperazine rings is 1. The van der Waals surface area contributed by atoms with E-state index in [0.29, 0.717) is 5.69 Å². The van der Waals surface area contributed by atoms with E-state index in [0.717, 1.165) is 37.9 Å². The van der Waals surface area contributed by atoms with Gasteiger partial charge in [-0.3, -0.25) is 0 Å². The molecule has 1 fully saturated rings. The molecule has 0 amide bonds. The van der Waals surface area contributed by atoms with Crippen molar-refractivity contribution in [1.29, 1.82) is 0 Å². The number of rotatable bonds is 3. The minimum atomic E-state index is -0.0770. The molecule has 1 aliphatic heterocycles. The van der Waals surface area contributed by atoms with E-state index in [2.05, 4.69) is 30.0 Å². The highest BCUT2D eigenvalue weighted by Gasteiger charge is 2.19.